The number of hydrogen-bond acceptors (Lipinski definition) is 6. The van der Waals surface area contributed by atoms with Gasteiger partial charge >= 0.3 is 0 Å². The Bertz CT molecular complexity index is 783. The second kappa shape index (κ2) is 7.10. The second-order valence-corrected chi connectivity index (χ2v) is 5.46. The van der Waals surface area contributed by atoms with Crippen LogP contribution in [0.3, 0.4) is 0 Å². The standard InChI is InChI=1S/C17H18N4O3/c1-21(17(22)14(18)10-13-8-5-9-23-13)11-15-19-16(20-24-15)12-6-3-2-4-7-12/h2-9,14H,10-11,18H2,1H3. The van der Waals surface area contributed by atoms with Crippen LogP contribution in [0.25, 0.3) is 11.4 Å². The van der Waals surface area contributed by atoms with Crippen molar-refractivity contribution in [1.29, 1.82) is 0 Å². The number of carbonyl (C=O) groups is 1. The van der Waals surface area contributed by atoms with Crippen LogP contribution in [0.2, 0.25) is 0 Å². The van der Waals surface area contributed by atoms with E-state index in [0.717, 1.165) is 5.56 Å². The third-order valence-corrected chi connectivity index (χ3v) is 3.57. The van der Waals surface area contributed by atoms with Crippen LogP contribution in [0.1, 0.15) is 11.7 Å². The number of rotatable bonds is 6. The largest absolute Gasteiger partial charge is 0.469 e. The van der Waals surface area contributed by atoms with Crippen molar-refractivity contribution in [2.45, 2.75) is 19.0 Å². The van der Waals surface area contributed by atoms with Crippen molar-refractivity contribution >= 4 is 5.91 Å². The van der Waals surface area contributed by atoms with Gasteiger partial charge in [0.2, 0.25) is 17.6 Å². The Morgan fingerprint density at radius 3 is 2.75 bits per heavy atom. The van der Waals surface area contributed by atoms with Crippen molar-refractivity contribution in [1.82, 2.24) is 15.0 Å². The van der Waals surface area contributed by atoms with Crippen LogP contribution in [0.15, 0.2) is 57.7 Å². The fourth-order valence-electron chi connectivity index (χ4n) is 2.32. The minimum atomic E-state index is -0.683. The monoisotopic (exact) mass is 326 g/mol. The summed E-state index contributed by atoms with van der Waals surface area (Å²) in [5.41, 5.74) is 6.80. The minimum Gasteiger partial charge on any atom is -0.469 e. The number of aromatic nitrogens is 2. The van der Waals surface area contributed by atoms with Crippen molar-refractivity contribution < 1.29 is 13.7 Å². The maximum Gasteiger partial charge on any atom is 0.246 e. The summed E-state index contributed by atoms with van der Waals surface area (Å²) in [7, 11) is 1.65. The molecule has 2 heterocycles. The molecule has 2 N–H and O–H groups in total. The summed E-state index contributed by atoms with van der Waals surface area (Å²) in [6.45, 7) is 0.199. The molecular weight excluding hydrogens is 308 g/mol. The van der Waals surface area contributed by atoms with Crippen molar-refractivity contribution in [3.8, 4) is 11.4 Å². The van der Waals surface area contributed by atoms with Gasteiger partial charge in [0.15, 0.2) is 0 Å². The number of amides is 1. The van der Waals surface area contributed by atoms with E-state index in [1.54, 1.807) is 25.4 Å². The molecule has 0 aliphatic heterocycles. The van der Waals surface area contributed by atoms with Gasteiger partial charge in [0.25, 0.3) is 0 Å². The summed E-state index contributed by atoms with van der Waals surface area (Å²) in [6.07, 6.45) is 1.90. The Morgan fingerprint density at radius 1 is 1.25 bits per heavy atom. The molecule has 0 saturated heterocycles. The molecule has 1 atom stereocenters. The summed E-state index contributed by atoms with van der Waals surface area (Å²) < 4.78 is 10.4. The zero-order valence-corrected chi connectivity index (χ0v) is 13.3. The Morgan fingerprint density at radius 2 is 2.04 bits per heavy atom. The van der Waals surface area contributed by atoms with Gasteiger partial charge in [-0.25, -0.2) is 0 Å². The number of furan rings is 1. The lowest BCUT2D eigenvalue weighted by Gasteiger charge is -2.18. The van der Waals surface area contributed by atoms with Crippen molar-refractivity contribution in [3.63, 3.8) is 0 Å². The summed E-state index contributed by atoms with van der Waals surface area (Å²) in [6, 6.07) is 12.4. The maximum atomic E-state index is 12.3. The van der Waals surface area contributed by atoms with Crippen LogP contribution in [-0.4, -0.2) is 34.0 Å². The van der Waals surface area contributed by atoms with E-state index < -0.39 is 6.04 Å². The second-order valence-electron chi connectivity index (χ2n) is 5.46. The fraction of sp³-hybridized carbons (Fsp3) is 0.235. The highest BCUT2D eigenvalue weighted by molar-refractivity contribution is 5.81. The number of nitrogens with zero attached hydrogens (tertiary/aromatic N) is 3. The zero-order valence-electron chi connectivity index (χ0n) is 13.3. The molecule has 1 aromatic carbocycles. The van der Waals surface area contributed by atoms with E-state index in [1.165, 1.54) is 4.90 Å². The molecule has 7 nitrogen and oxygen atoms in total. The number of hydrogen-bond donors (Lipinski definition) is 1. The van der Waals surface area contributed by atoms with Gasteiger partial charge in [0.05, 0.1) is 18.8 Å². The van der Waals surface area contributed by atoms with Crippen molar-refractivity contribution in [3.05, 3.63) is 60.4 Å². The lowest BCUT2D eigenvalue weighted by Crippen LogP contribution is -2.42. The molecular formula is C17H18N4O3. The summed E-state index contributed by atoms with van der Waals surface area (Å²) in [5, 5.41) is 3.93. The Labute approximate surface area is 139 Å². The molecule has 124 valence electrons. The topological polar surface area (TPSA) is 98.4 Å². The first-order valence-corrected chi connectivity index (χ1v) is 7.54. The predicted molar refractivity (Wildman–Crippen MR) is 86.6 cm³/mol. The smallest absolute Gasteiger partial charge is 0.246 e. The Balaban J connectivity index is 1.61. The molecule has 0 aliphatic rings. The maximum absolute atomic E-state index is 12.3. The number of likely N-dealkylation sites (N-methyl/N-ethyl adjacent to an activating group) is 1. The predicted octanol–water partition coefficient (Wildman–Crippen LogP) is 1.86. The molecule has 0 spiro atoms. The van der Waals surface area contributed by atoms with E-state index in [2.05, 4.69) is 10.1 Å². The average Bonchev–Trinajstić information content (AvgIpc) is 3.27. The van der Waals surface area contributed by atoms with E-state index >= 15 is 0 Å². The van der Waals surface area contributed by atoms with Crippen LogP contribution in [0, 0.1) is 0 Å². The third kappa shape index (κ3) is 3.69. The lowest BCUT2D eigenvalue weighted by molar-refractivity contribution is -0.132. The molecule has 3 aromatic rings. The lowest BCUT2D eigenvalue weighted by atomic mass is 10.1. The highest BCUT2D eigenvalue weighted by atomic mass is 16.5. The SMILES string of the molecule is CN(Cc1nc(-c2ccccc2)no1)C(=O)C(N)Cc1ccco1. The van der Waals surface area contributed by atoms with Gasteiger partial charge in [0, 0.05) is 19.0 Å². The number of benzene rings is 1. The molecule has 1 amide bonds. The highest BCUT2D eigenvalue weighted by Gasteiger charge is 2.21. The van der Waals surface area contributed by atoms with Gasteiger partial charge in [-0.2, -0.15) is 4.98 Å². The Hall–Kier alpha value is -2.93. The first-order valence-electron chi connectivity index (χ1n) is 7.54. The van der Waals surface area contributed by atoms with Crippen LogP contribution < -0.4 is 5.73 Å². The average molecular weight is 326 g/mol. The van der Waals surface area contributed by atoms with Gasteiger partial charge in [-0.3, -0.25) is 4.79 Å². The van der Waals surface area contributed by atoms with Crippen molar-refractivity contribution in [2.24, 2.45) is 5.73 Å². The molecule has 0 aliphatic carbocycles. The first-order chi connectivity index (χ1) is 11.6. The molecule has 1 unspecified atom stereocenters. The van der Waals surface area contributed by atoms with Crippen LogP contribution in [0.4, 0.5) is 0 Å². The van der Waals surface area contributed by atoms with Crippen LogP contribution in [-0.2, 0) is 17.8 Å². The van der Waals surface area contributed by atoms with E-state index in [-0.39, 0.29) is 12.5 Å². The minimum absolute atomic E-state index is 0.199. The molecule has 0 fully saturated rings. The molecule has 2 aromatic heterocycles. The summed E-state index contributed by atoms with van der Waals surface area (Å²) in [5.74, 6) is 1.31. The van der Waals surface area contributed by atoms with E-state index in [0.29, 0.717) is 23.9 Å². The van der Waals surface area contributed by atoms with E-state index in [9.17, 15) is 4.79 Å². The normalized spacial score (nSPS) is 12.1. The zero-order chi connectivity index (χ0) is 16.9. The van der Waals surface area contributed by atoms with E-state index in [4.69, 9.17) is 14.7 Å². The quantitative estimate of drug-likeness (QED) is 0.742. The van der Waals surface area contributed by atoms with Gasteiger partial charge in [-0.1, -0.05) is 35.5 Å². The van der Waals surface area contributed by atoms with Gasteiger partial charge in [-0.05, 0) is 12.1 Å². The number of carbonyl (C=O) groups excluding carboxylic acids is 1. The molecule has 0 bridgehead atoms. The Kier molecular flexibility index (Phi) is 4.72. The number of nitrogens with two attached hydrogens (primary N) is 1. The molecule has 7 heteroatoms. The van der Waals surface area contributed by atoms with Gasteiger partial charge in [-0.15, -0.1) is 0 Å². The summed E-state index contributed by atoms with van der Waals surface area (Å²) in [4.78, 5) is 18.1. The highest BCUT2D eigenvalue weighted by Crippen LogP contribution is 2.15. The third-order valence-electron chi connectivity index (χ3n) is 3.57. The summed E-state index contributed by atoms with van der Waals surface area (Å²) >= 11 is 0. The molecule has 0 radical (unpaired) electrons. The fourth-order valence-corrected chi connectivity index (χ4v) is 2.32. The van der Waals surface area contributed by atoms with Crippen LogP contribution >= 0.6 is 0 Å². The van der Waals surface area contributed by atoms with E-state index in [1.807, 2.05) is 30.3 Å². The van der Waals surface area contributed by atoms with Crippen molar-refractivity contribution in [2.75, 3.05) is 7.05 Å². The van der Waals surface area contributed by atoms with Gasteiger partial charge < -0.3 is 19.6 Å². The van der Waals surface area contributed by atoms with Gasteiger partial charge in [0.1, 0.15) is 5.76 Å². The first kappa shape index (κ1) is 15.9. The van der Waals surface area contributed by atoms with Crippen LogP contribution in [0.5, 0.6) is 0 Å². The molecule has 0 saturated carbocycles. The molecule has 3 rings (SSSR count). The molecule has 24 heavy (non-hydrogen) atoms.